The number of rotatable bonds is 6. The van der Waals surface area contributed by atoms with Gasteiger partial charge in [-0.2, -0.15) is 0 Å². The molecule has 1 fully saturated rings. The Morgan fingerprint density at radius 1 is 1.08 bits per heavy atom. The van der Waals surface area contributed by atoms with E-state index in [0.29, 0.717) is 15.8 Å². The lowest BCUT2D eigenvalue weighted by Crippen LogP contribution is -2.17. The molecule has 0 radical (unpaired) electrons. The van der Waals surface area contributed by atoms with E-state index in [2.05, 4.69) is 29.6 Å². The Morgan fingerprint density at radius 3 is 2.50 bits per heavy atom. The van der Waals surface area contributed by atoms with Gasteiger partial charge in [0.15, 0.2) is 0 Å². The van der Waals surface area contributed by atoms with Crippen LogP contribution >= 0.6 is 24.0 Å². The maximum Gasteiger partial charge on any atom is 0.263 e. The van der Waals surface area contributed by atoms with Crippen molar-refractivity contribution in [2.75, 3.05) is 6.61 Å². The molecule has 5 heteroatoms. The molecule has 0 bridgehead atoms. The molecule has 24 heavy (non-hydrogen) atoms. The fourth-order valence-electron chi connectivity index (χ4n) is 2.34. The van der Waals surface area contributed by atoms with Crippen LogP contribution in [0.4, 0.5) is 0 Å². The Hall–Kier alpha value is -2.11. The van der Waals surface area contributed by atoms with Crippen LogP contribution in [-0.4, -0.2) is 16.8 Å². The van der Waals surface area contributed by atoms with Crippen molar-refractivity contribution in [2.45, 2.75) is 12.8 Å². The Bertz CT molecular complexity index is 755. The molecule has 2 aromatic carbocycles. The molecule has 1 heterocycles. The lowest BCUT2D eigenvalue weighted by atomic mass is 10.1. The standard InChI is InChI=1S/C19H17NO2S2/c21-18-17(24-19(23)20-18)13-15-8-10-16(11-9-15)22-12-4-7-14-5-2-1-3-6-14/h1-3,5-6,8-11,13H,4,7,12H2,(H,20,21,23)/b17-13-. The van der Waals surface area contributed by atoms with Crippen LogP contribution in [0.2, 0.25) is 0 Å². The van der Waals surface area contributed by atoms with Crippen LogP contribution in [0, 0.1) is 0 Å². The van der Waals surface area contributed by atoms with Crippen LogP contribution in [0.1, 0.15) is 17.5 Å². The Labute approximate surface area is 151 Å². The Morgan fingerprint density at radius 2 is 1.83 bits per heavy atom. The summed E-state index contributed by atoms with van der Waals surface area (Å²) in [6.45, 7) is 0.682. The van der Waals surface area contributed by atoms with E-state index >= 15 is 0 Å². The molecular weight excluding hydrogens is 338 g/mol. The summed E-state index contributed by atoms with van der Waals surface area (Å²) in [5.74, 6) is 0.704. The summed E-state index contributed by atoms with van der Waals surface area (Å²) < 4.78 is 6.27. The van der Waals surface area contributed by atoms with Gasteiger partial charge in [-0.05, 0) is 42.2 Å². The molecule has 122 valence electrons. The Kier molecular flexibility index (Phi) is 5.67. The molecule has 1 aliphatic rings. The van der Waals surface area contributed by atoms with Gasteiger partial charge in [-0.1, -0.05) is 66.4 Å². The first-order chi connectivity index (χ1) is 11.7. The molecule has 1 N–H and O–H groups in total. The second-order valence-corrected chi connectivity index (χ2v) is 7.08. The fraction of sp³-hybridized carbons (Fsp3) is 0.158. The van der Waals surface area contributed by atoms with Gasteiger partial charge in [-0.3, -0.25) is 4.79 Å². The molecule has 0 unspecified atom stereocenters. The molecule has 1 aliphatic heterocycles. The minimum Gasteiger partial charge on any atom is -0.494 e. The molecule has 0 aromatic heterocycles. The van der Waals surface area contributed by atoms with E-state index in [0.717, 1.165) is 24.2 Å². The molecule has 3 rings (SSSR count). The van der Waals surface area contributed by atoms with Gasteiger partial charge in [-0.15, -0.1) is 0 Å². The fourth-order valence-corrected chi connectivity index (χ4v) is 3.39. The highest BCUT2D eigenvalue weighted by Crippen LogP contribution is 2.26. The largest absolute Gasteiger partial charge is 0.494 e. The van der Waals surface area contributed by atoms with E-state index in [1.54, 1.807) is 0 Å². The number of carbonyl (C=O) groups excluding carboxylic acids is 1. The van der Waals surface area contributed by atoms with Crippen molar-refractivity contribution in [1.82, 2.24) is 5.32 Å². The quantitative estimate of drug-likeness (QED) is 0.479. The highest BCUT2D eigenvalue weighted by atomic mass is 32.2. The smallest absolute Gasteiger partial charge is 0.263 e. The summed E-state index contributed by atoms with van der Waals surface area (Å²) in [5.41, 5.74) is 2.28. The molecule has 1 saturated heterocycles. The van der Waals surface area contributed by atoms with Crippen LogP contribution in [-0.2, 0) is 11.2 Å². The second-order valence-electron chi connectivity index (χ2n) is 5.36. The molecule has 2 aromatic rings. The number of thiocarbonyl (C=S) groups is 1. The molecule has 0 atom stereocenters. The van der Waals surface area contributed by atoms with E-state index in [4.69, 9.17) is 17.0 Å². The van der Waals surface area contributed by atoms with Gasteiger partial charge in [0.25, 0.3) is 5.91 Å². The van der Waals surface area contributed by atoms with Crippen molar-refractivity contribution in [3.8, 4) is 5.75 Å². The van der Waals surface area contributed by atoms with Crippen molar-refractivity contribution in [3.05, 3.63) is 70.6 Å². The second kappa shape index (κ2) is 8.13. The van der Waals surface area contributed by atoms with Gasteiger partial charge in [-0.25, -0.2) is 0 Å². The van der Waals surface area contributed by atoms with Crippen LogP contribution in [0.5, 0.6) is 5.75 Å². The van der Waals surface area contributed by atoms with Gasteiger partial charge in [0.1, 0.15) is 10.1 Å². The number of aryl methyl sites for hydroxylation is 1. The minimum atomic E-state index is -0.133. The maximum atomic E-state index is 11.6. The number of benzene rings is 2. The summed E-state index contributed by atoms with van der Waals surface area (Å²) in [4.78, 5) is 12.3. The summed E-state index contributed by atoms with van der Waals surface area (Å²) in [7, 11) is 0. The Balaban J connectivity index is 1.49. The third kappa shape index (κ3) is 4.69. The van der Waals surface area contributed by atoms with Gasteiger partial charge < -0.3 is 10.1 Å². The predicted octanol–water partition coefficient (Wildman–Crippen LogP) is 4.19. The van der Waals surface area contributed by atoms with Gasteiger partial charge in [0, 0.05) is 0 Å². The first kappa shape index (κ1) is 16.7. The van der Waals surface area contributed by atoms with Crippen LogP contribution in [0.25, 0.3) is 6.08 Å². The molecule has 0 aliphatic carbocycles. The minimum absolute atomic E-state index is 0.133. The number of hydrogen-bond donors (Lipinski definition) is 1. The van der Waals surface area contributed by atoms with Gasteiger partial charge in [0.05, 0.1) is 11.5 Å². The topological polar surface area (TPSA) is 38.3 Å². The summed E-state index contributed by atoms with van der Waals surface area (Å²) in [5, 5.41) is 2.61. The molecular formula is C19H17NO2S2. The van der Waals surface area contributed by atoms with Crippen molar-refractivity contribution < 1.29 is 9.53 Å². The average Bonchev–Trinajstić information content (AvgIpc) is 2.91. The van der Waals surface area contributed by atoms with E-state index in [-0.39, 0.29) is 5.91 Å². The monoisotopic (exact) mass is 355 g/mol. The molecule has 0 spiro atoms. The van der Waals surface area contributed by atoms with Crippen LogP contribution in [0.3, 0.4) is 0 Å². The first-order valence-corrected chi connectivity index (χ1v) is 8.95. The first-order valence-electron chi connectivity index (χ1n) is 7.72. The summed E-state index contributed by atoms with van der Waals surface area (Å²) >= 11 is 6.26. The maximum absolute atomic E-state index is 11.6. The third-order valence-electron chi connectivity index (χ3n) is 3.54. The lowest BCUT2D eigenvalue weighted by Gasteiger charge is -2.06. The number of carbonyl (C=O) groups is 1. The summed E-state index contributed by atoms with van der Waals surface area (Å²) in [6, 6.07) is 18.1. The number of thioether (sulfide) groups is 1. The number of ether oxygens (including phenoxy) is 1. The number of hydrogen-bond acceptors (Lipinski definition) is 4. The highest BCUT2D eigenvalue weighted by Gasteiger charge is 2.21. The molecule has 1 amide bonds. The summed E-state index contributed by atoms with van der Waals surface area (Å²) in [6.07, 6.45) is 3.82. The SMILES string of the molecule is O=C1NC(=S)S/C1=C\c1ccc(OCCCc2ccccc2)cc1. The van der Waals surface area contributed by atoms with E-state index in [1.807, 2.05) is 36.4 Å². The normalized spacial score (nSPS) is 15.6. The van der Waals surface area contributed by atoms with Crippen molar-refractivity contribution in [3.63, 3.8) is 0 Å². The van der Waals surface area contributed by atoms with E-state index < -0.39 is 0 Å². The van der Waals surface area contributed by atoms with Gasteiger partial charge >= 0.3 is 0 Å². The van der Waals surface area contributed by atoms with Crippen LogP contribution in [0.15, 0.2) is 59.5 Å². The van der Waals surface area contributed by atoms with Crippen molar-refractivity contribution in [1.29, 1.82) is 0 Å². The zero-order chi connectivity index (χ0) is 16.8. The third-order valence-corrected chi connectivity index (χ3v) is 4.70. The number of nitrogens with one attached hydrogen (secondary N) is 1. The van der Waals surface area contributed by atoms with Crippen molar-refractivity contribution >= 4 is 40.3 Å². The lowest BCUT2D eigenvalue weighted by molar-refractivity contribution is -0.115. The van der Waals surface area contributed by atoms with Crippen LogP contribution < -0.4 is 10.1 Å². The molecule has 3 nitrogen and oxygen atoms in total. The highest BCUT2D eigenvalue weighted by molar-refractivity contribution is 8.26. The number of amides is 1. The van der Waals surface area contributed by atoms with Crippen molar-refractivity contribution in [2.24, 2.45) is 0 Å². The van der Waals surface area contributed by atoms with E-state index in [9.17, 15) is 4.79 Å². The van der Waals surface area contributed by atoms with Gasteiger partial charge in [0.2, 0.25) is 0 Å². The van der Waals surface area contributed by atoms with E-state index in [1.165, 1.54) is 17.3 Å². The predicted molar refractivity (Wildman–Crippen MR) is 103 cm³/mol. The zero-order valence-corrected chi connectivity index (χ0v) is 14.7. The molecule has 0 saturated carbocycles. The zero-order valence-electron chi connectivity index (χ0n) is 13.0. The average molecular weight is 355 g/mol.